The zero-order valence-corrected chi connectivity index (χ0v) is 22.9. The standard InChI is InChI=1S/C28H33FN2O5S2/c29-21-8-11-23(12-9-21)38(35,36)31-25-13-10-22(30-27(32)20-4-2-1-3-5-20)18-24(25)28(26(31)19-6-7-19)14-16-37(33,34)17-15-28/h8-13,18-20,26H,1-7,14-17H2,(H,30,32). The van der Waals surface area contributed by atoms with E-state index in [1.165, 1.54) is 16.4 Å². The number of carbonyl (C=O) groups is 1. The summed E-state index contributed by atoms with van der Waals surface area (Å²) >= 11 is 0. The molecule has 6 rings (SSSR count). The van der Waals surface area contributed by atoms with Crippen LogP contribution in [0.5, 0.6) is 0 Å². The summed E-state index contributed by atoms with van der Waals surface area (Å²) in [7, 11) is -7.26. The fourth-order valence-corrected chi connectivity index (χ4v) is 10.2. The van der Waals surface area contributed by atoms with Crippen molar-refractivity contribution in [3.05, 3.63) is 53.8 Å². The number of hydrogen-bond donors (Lipinski definition) is 1. The van der Waals surface area contributed by atoms with Crippen LogP contribution in [0.3, 0.4) is 0 Å². The highest BCUT2D eigenvalue weighted by molar-refractivity contribution is 7.93. The fourth-order valence-electron chi connectivity index (χ4n) is 6.87. The molecule has 1 N–H and O–H groups in total. The van der Waals surface area contributed by atoms with E-state index in [1.54, 1.807) is 12.1 Å². The Balaban J connectivity index is 1.44. The molecule has 204 valence electrons. The second kappa shape index (κ2) is 9.33. The Morgan fingerprint density at radius 1 is 0.947 bits per heavy atom. The first-order valence-corrected chi connectivity index (χ1v) is 16.8. The van der Waals surface area contributed by atoms with Gasteiger partial charge in [-0.05, 0) is 92.5 Å². The van der Waals surface area contributed by atoms with Crippen molar-refractivity contribution in [2.24, 2.45) is 11.8 Å². The molecule has 1 saturated heterocycles. The van der Waals surface area contributed by atoms with Gasteiger partial charge >= 0.3 is 0 Å². The minimum absolute atomic E-state index is 0.00123. The summed E-state index contributed by atoms with van der Waals surface area (Å²) in [5.41, 5.74) is 1.26. The number of halogens is 1. The molecular weight excluding hydrogens is 527 g/mol. The molecule has 3 fully saturated rings. The topological polar surface area (TPSA) is 101 Å². The molecule has 0 bridgehead atoms. The molecule has 1 atom stereocenters. The van der Waals surface area contributed by atoms with Gasteiger partial charge in [-0.15, -0.1) is 0 Å². The Bertz CT molecular complexity index is 1450. The molecule has 0 aromatic heterocycles. The predicted octanol–water partition coefficient (Wildman–Crippen LogP) is 4.78. The van der Waals surface area contributed by atoms with Gasteiger partial charge in [0.25, 0.3) is 10.0 Å². The number of fused-ring (bicyclic) bond motifs is 2. The molecule has 0 radical (unpaired) electrons. The van der Waals surface area contributed by atoms with Crippen molar-refractivity contribution in [3.8, 4) is 0 Å². The van der Waals surface area contributed by atoms with Crippen molar-refractivity contribution < 1.29 is 26.0 Å². The Labute approximate surface area is 223 Å². The quantitative estimate of drug-likeness (QED) is 0.567. The van der Waals surface area contributed by atoms with Crippen molar-refractivity contribution >= 4 is 37.1 Å². The van der Waals surface area contributed by atoms with E-state index in [9.17, 15) is 26.0 Å². The Morgan fingerprint density at radius 2 is 1.61 bits per heavy atom. The van der Waals surface area contributed by atoms with Crippen LogP contribution in [0.2, 0.25) is 0 Å². The molecule has 2 aliphatic carbocycles. The number of sulfone groups is 1. The number of carbonyl (C=O) groups excluding carboxylic acids is 1. The van der Waals surface area contributed by atoms with E-state index >= 15 is 0 Å². The van der Waals surface area contributed by atoms with Crippen LogP contribution in [-0.2, 0) is 30.1 Å². The number of benzene rings is 2. The summed E-state index contributed by atoms with van der Waals surface area (Å²) in [4.78, 5) is 13.0. The molecular formula is C28H33FN2O5S2. The smallest absolute Gasteiger partial charge is 0.264 e. The van der Waals surface area contributed by atoms with Gasteiger partial charge in [-0.3, -0.25) is 9.10 Å². The van der Waals surface area contributed by atoms with Crippen LogP contribution >= 0.6 is 0 Å². The van der Waals surface area contributed by atoms with Crippen LogP contribution in [0.1, 0.15) is 63.4 Å². The number of nitrogens with zero attached hydrogens (tertiary/aromatic N) is 1. The van der Waals surface area contributed by atoms with Gasteiger partial charge in [0.05, 0.1) is 28.1 Å². The Hall–Kier alpha value is -2.46. The summed E-state index contributed by atoms with van der Waals surface area (Å²) < 4.78 is 68.3. The van der Waals surface area contributed by atoms with E-state index in [1.807, 2.05) is 6.07 Å². The number of anilines is 2. The molecule has 2 heterocycles. The van der Waals surface area contributed by atoms with E-state index in [2.05, 4.69) is 5.32 Å². The molecule has 4 aliphatic rings. The molecule has 2 saturated carbocycles. The number of rotatable bonds is 5. The highest BCUT2D eigenvalue weighted by Gasteiger charge is 2.60. The van der Waals surface area contributed by atoms with Gasteiger partial charge in [0.15, 0.2) is 0 Å². The lowest BCUT2D eigenvalue weighted by molar-refractivity contribution is -0.120. The first kappa shape index (κ1) is 25.8. The van der Waals surface area contributed by atoms with E-state index < -0.39 is 37.1 Å². The largest absolute Gasteiger partial charge is 0.326 e. The molecule has 38 heavy (non-hydrogen) atoms. The third kappa shape index (κ3) is 4.43. The molecule has 10 heteroatoms. The maximum atomic E-state index is 14.1. The lowest BCUT2D eigenvalue weighted by Gasteiger charge is -2.41. The predicted molar refractivity (Wildman–Crippen MR) is 144 cm³/mol. The van der Waals surface area contributed by atoms with Crippen LogP contribution < -0.4 is 9.62 Å². The zero-order valence-electron chi connectivity index (χ0n) is 21.2. The van der Waals surface area contributed by atoms with Crippen LogP contribution in [0, 0.1) is 17.7 Å². The summed E-state index contributed by atoms with van der Waals surface area (Å²) in [5.74, 6) is -0.453. The Kier molecular flexibility index (Phi) is 6.33. The highest BCUT2D eigenvalue weighted by Crippen LogP contribution is 2.59. The van der Waals surface area contributed by atoms with Gasteiger partial charge in [-0.2, -0.15) is 0 Å². The minimum Gasteiger partial charge on any atom is -0.326 e. The molecule has 2 aromatic rings. The average molecular weight is 561 g/mol. The molecule has 1 spiro atoms. The average Bonchev–Trinajstić information content (AvgIpc) is 3.70. The van der Waals surface area contributed by atoms with E-state index in [0.29, 0.717) is 24.2 Å². The van der Waals surface area contributed by atoms with Crippen molar-refractivity contribution in [2.75, 3.05) is 21.1 Å². The third-order valence-corrected chi connectivity index (χ3v) is 12.5. The number of amides is 1. The monoisotopic (exact) mass is 560 g/mol. The second-order valence-corrected chi connectivity index (χ2v) is 15.5. The summed E-state index contributed by atoms with van der Waals surface area (Å²) in [6.07, 6.45) is 7.37. The zero-order chi connectivity index (χ0) is 26.7. The van der Waals surface area contributed by atoms with Gasteiger partial charge in [0.2, 0.25) is 5.91 Å². The molecule has 2 aromatic carbocycles. The summed E-state index contributed by atoms with van der Waals surface area (Å²) in [6.45, 7) is 0. The number of nitrogens with one attached hydrogen (secondary N) is 1. The van der Waals surface area contributed by atoms with Crippen LogP contribution in [0.15, 0.2) is 47.4 Å². The van der Waals surface area contributed by atoms with Gasteiger partial charge in [-0.1, -0.05) is 19.3 Å². The number of hydrogen-bond acceptors (Lipinski definition) is 5. The van der Waals surface area contributed by atoms with Crippen molar-refractivity contribution in [1.82, 2.24) is 0 Å². The molecule has 1 amide bonds. The second-order valence-electron chi connectivity index (χ2n) is 11.4. The third-order valence-electron chi connectivity index (χ3n) is 8.99. The van der Waals surface area contributed by atoms with Crippen molar-refractivity contribution in [2.45, 2.75) is 74.1 Å². The van der Waals surface area contributed by atoms with Gasteiger partial charge in [0, 0.05) is 17.0 Å². The summed E-state index contributed by atoms with van der Waals surface area (Å²) in [6, 6.07) is 9.80. The van der Waals surface area contributed by atoms with Gasteiger partial charge in [0.1, 0.15) is 15.7 Å². The lowest BCUT2D eigenvalue weighted by Crippen LogP contribution is -2.52. The minimum atomic E-state index is -4.05. The van der Waals surface area contributed by atoms with Crippen LogP contribution in [0.4, 0.5) is 15.8 Å². The normalized spacial score (nSPS) is 24.8. The number of sulfonamides is 1. The highest BCUT2D eigenvalue weighted by atomic mass is 32.2. The fraction of sp³-hybridized carbons (Fsp3) is 0.536. The van der Waals surface area contributed by atoms with E-state index in [4.69, 9.17) is 0 Å². The lowest BCUT2D eigenvalue weighted by atomic mass is 9.70. The van der Waals surface area contributed by atoms with E-state index in [-0.39, 0.29) is 34.1 Å². The SMILES string of the molecule is O=C(Nc1ccc2c(c1)C1(CCS(=O)(=O)CC1)C(C1CC1)N2S(=O)(=O)c1ccc(F)cc1)C1CCCCC1. The van der Waals surface area contributed by atoms with Gasteiger partial charge in [-0.25, -0.2) is 21.2 Å². The van der Waals surface area contributed by atoms with Crippen molar-refractivity contribution in [1.29, 1.82) is 0 Å². The van der Waals surface area contributed by atoms with Crippen LogP contribution in [0.25, 0.3) is 0 Å². The maximum absolute atomic E-state index is 14.1. The summed E-state index contributed by atoms with van der Waals surface area (Å²) in [5, 5.41) is 3.06. The molecule has 1 unspecified atom stereocenters. The molecule has 2 aliphatic heterocycles. The van der Waals surface area contributed by atoms with E-state index in [0.717, 1.165) is 62.6 Å². The van der Waals surface area contributed by atoms with Crippen LogP contribution in [-0.4, -0.2) is 40.3 Å². The first-order chi connectivity index (χ1) is 18.1. The first-order valence-electron chi connectivity index (χ1n) is 13.6. The molecule has 7 nitrogen and oxygen atoms in total. The Morgan fingerprint density at radius 3 is 2.24 bits per heavy atom. The maximum Gasteiger partial charge on any atom is 0.264 e. The van der Waals surface area contributed by atoms with Gasteiger partial charge < -0.3 is 5.32 Å². The van der Waals surface area contributed by atoms with Crippen molar-refractivity contribution in [3.63, 3.8) is 0 Å².